The van der Waals surface area contributed by atoms with Crippen LogP contribution in [0.2, 0.25) is 0 Å². The Morgan fingerprint density at radius 2 is 1.10 bits per heavy atom. The van der Waals surface area contributed by atoms with Gasteiger partial charge in [0.2, 0.25) is 0 Å². The Balaban J connectivity index is 2.45. The van der Waals surface area contributed by atoms with Crippen molar-refractivity contribution in [3.63, 3.8) is 0 Å². The van der Waals surface area contributed by atoms with E-state index in [0.29, 0.717) is 4.46 Å². The van der Waals surface area contributed by atoms with E-state index in [9.17, 15) is 26.3 Å². The fourth-order valence-electron chi connectivity index (χ4n) is 1.61. The molecule has 0 heterocycles. The van der Waals surface area contributed by atoms with Crippen molar-refractivity contribution in [2.45, 2.75) is 12.4 Å². The molecule has 0 N–H and O–H groups in total. The maximum atomic E-state index is 12.7. The molecule has 0 aliphatic rings. The zero-order chi connectivity index (χ0) is 15.7. The van der Waals surface area contributed by atoms with Crippen LogP contribution in [-0.4, -0.2) is 15.0 Å². The van der Waals surface area contributed by atoms with E-state index in [2.05, 4.69) is 0 Å². The van der Waals surface area contributed by atoms with Crippen LogP contribution in [0.25, 0.3) is 0 Å². The van der Waals surface area contributed by atoms with E-state index in [1.165, 1.54) is 0 Å². The molecule has 112 valence electrons. The number of halogens is 6. The quantitative estimate of drug-likeness (QED) is 0.563. The minimum absolute atomic E-state index is 0.0378. The van der Waals surface area contributed by atoms with E-state index >= 15 is 0 Å². The monoisotopic (exact) mass is 370 g/mol. The van der Waals surface area contributed by atoms with Crippen LogP contribution < -0.4 is 8.92 Å². The topological polar surface area (TPSA) is 0 Å². The molecule has 2 aromatic rings. The van der Waals surface area contributed by atoms with Crippen LogP contribution in [-0.2, 0) is 12.4 Å². The van der Waals surface area contributed by atoms with Crippen LogP contribution in [0.3, 0.4) is 0 Å². The summed E-state index contributed by atoms with van der Waals surface area (Å²) in [6.45, 7) is 0. The normalized spacial score (nSPS) is 12.5. The van der Waals surface area contributed by atoms with Crippen LogP contribution in [0, 0.1) is 0 Å². The molecular weight excluding hydrogens is 361 g/mol. The van der Waals surface area contributed by atoms with Gasteiger partial charge in [0, 0.05) is 0 Å². The molecule has 0 amide bonds. The van der Waals surface area contributed by atoms with Crippen molar-refractivity contribution in [2.24, 2.45) is 0 Å². The van der Waals surface area contributed by atoms with Gasteiger partial charge in [0.15, 0.2) is 0 Å². The van der Waals surface area contributed by atoms with Crippen LogP contribution in [0.1, 0.15) is 11.1 Å². The van der Waals surface area contributed by atoms with Crippen LogP contribution in [0.15, 0.2) is 48.5 Å². The maximum absolute atomic E-state index is 12.7. The summed E-state index contributed by atoms with van der Waals surface area (Å²) in [6.07, 6.45) is -9.61. The van der Waals surface area contributed by atoms with Gasteiger partial charge in [-0.15, -0.1) is 0 Å². The molecule has 0 atom stereocenters. The van der Waals surface area contributed by atoms with Gasteiger partial charge in [0.25, 0.3) is 0 Å². The number of benzene rings is 2. The van der Waals surface area contributed by atoms with E-state index in [1.807, 2.05) is 0 Å². The second-order valence-corrected chi connectivity index (χ2v) is 6.56. The predicted molar refractivity (Wildman–Crippen MR) is 67.9 cm³/mol. The summed E-state index contributed by atoms with van der Waals surface area (Å²) in [5.74, 6) is 0. The predicted octanol–water partition coefficient (Wildman–Crippen LogP) is 3.38. The first-order valence-corrected chi connectivity index (χ1v) is 7.40. The fourth-order valence-corrected chi connectivity index (χ4v) is 3.58. The van der Waals surface area contributed by atoms with Gasteiger partial charge in [-0.2, -0.15) is 0 Å². The molecule has 0 saturated heterocycles. The second-order valence-electron chi connectivity index (χ2n) is 4.16. The van der Waals surface area contributed by atoms with Gasteiger partial charge in [-0.05, 0) is 0 Å². The summed E-state index contributed by atoms with van der Waals surface area (Å²) in [5.41, 5.74) is -2.55. The number of hydrogen-bond acceptors (Lipinski definition) is 0. The number of hydrogen-bond donors (Lipinski definition) is 0. The standard InChI is InChI=1S/C14H8F6Se/c15-13(16,17)9-6-10(14(18,19)20)8-12(7-9)21-11-4-2-1-3-5-11/h1-8H. The van der Waals surface area contributed by atoms with Crippen molar-refractivity contribution in [1.82, 2.24) is 0 Å². The first kappa shape index (κ1) is 15.9. The Labute approximate surface area is 122 Å². The third-order valence-electron chi connectivity index (χ3n) is 2.54. The molecule has 0 radical (unpaired) electrons. The first-order valence-electron chi connectivity index (χ1n) is 5.68. The molecule has 7 heteroatoms. The van der Waals surface area contributed by atoms with Crippen LogP contribution >= 0.6 is 0 Å². The average molecular weight is 369 g/mol. The molecule has 0 aliphatic carbocycles. The van der Waals surface area contributed by atoms with E-state index in [-0.39, 0.29) is 10.5 Å². The molecule has 0 bridgehead atoms. The summed E-state index contributed by atoms with van der Waals surface area (Å²) in [5, 5.41) is 0. The van der Waals surface area contributed by atoms with Gasteiger partial charge < -0.3 is 0 Å². The summed E-state index contributed by atoms with van der Waals surface area (Å²) < 4.78 is 77.0. The van der Waals surface area contributed by atoms with Crippen molar-refractivity contribution in [2.75, 3.05) is 0 Å². The third-order valence-corrected chi connectivity index (χ3v) is 4.59. The average Bonchev–Trinajstić information content (AvgIpc) is 2.37. The van der Waals surface area contributed by atoms with E-state index in [4.69, 9.17) is 0 Å². The van der Waals surface area contributed by atoms with E-state index < -0.39 is 38.4 Å². The van der Waals surface area contributed by atoms with Crippen molar-refractivity contribution in [3.05, 3.63) is 59.7 Å². The molecule has 2 rings (SSSR count). The summed E-state index contributed by atoms with van der Waals surface area (Å²) in [6, 6.07) is 10.2. The Hall–Kier alpha value is -1.46. The van der Waals surface area contributed by atoms with Crippen molar-refractivity contribution < 1.29 is 26.3 Å². The van der Waals surface area contributed by atoms with Crippen molar-refractivity contribution in [1.29, 1.82) is 0 Å². The summed E-state index contributed by atoms with van der Waals surface area (Å²) >= 11 is -0.623. The third kappa shape index (κ3) is 4.25. The SMILES string of the molecule is FC(F)(F)c1cc([Se]c2ccccc2)cc(C(F)(F)F)c1. The Bertz CT molecular complexity index is 583. The summed E-state index contributed by atoms with van der Waals surface area (Å²) in [7, 11) is 0. The van der Waals surface area contributed by atoms with E-state index in [1.54, 1.807) is 30.3 Å². The fraction of sp³-hybridized carbons (Fsp3) is 0.143. The zero-order valence-electron chi connectivity index (χ0n) is 10.3. The molecule has 0 nitrogen and oxygen atoms in total. The molecule has 0 fully saturated rings. The molecule has 0 aromatic heterocycles. The molecule has 0 spiro atoms. The van der Waals surface area contributed by atoms with Crippen molar-refractivity contribution in [3.8, 4) is 0 Å². The number of rotatable bonds is 2. The summed E-state index contributed by atoms with van der Waals surface area (Å²) in [4.78, 5) is 0. The van der Waals surface area contributed by atoms with Gasteiger partial charge in [-0.1, -0.05) is 0 Å². The van der Waals surface area contributed by atoms with Gasteiger partial charge in [-0.25, -0.2) is 0 Å². The molecule has 2 aromatic carbocycles. The zero-order valence-corrected chi connectivity index (χ0v) is 12.0. The molecular formula is C14H8F6Se. The van der Waals surface area contributed by atoms with E-state index in [0.717, 1.165) is 12.1 Å². The molecule has 0 saturated carbocycles. The van der Waals surface area contributed by atoms with Crippen LogP contribution in [0.4, 0.5) is 26.3 Å². The van der Waals surface area contributed by atoms with Crippen LogP contribution in [0.5, 0.6) is 0 Å². The second kappa shape index (κ2) is 5.73. The van der Waals surface area contributed by atoms with Gasteiger partial charge in [0.1, 0.15) is 0 Å². The Kier molecular flexibility index (Phi) is 4.35. The molecule has 21 heavy (non-hydrogen) atoms. The van der Waals surface area contributed by atoms with Gasteiger partial charge in [-0.3, -0.25) is 0 Å². The Morgan fingerprint density at radius 3 is 1.52 bits per heavy atom. The van der Waals surface area contributed by atoms with Crippen molar-refractivity contribution >= 4 is 23.9 Å². The minimum atomic E-state index is -4.80. The van der Waals surface area contributed by atoms with Gasteiger partial charge >= 0.3 is 122 Å². The first-order chi connectivity index (χ1) is 9.66. The number of alkyl halides is 6. The Morgan fingerprint density at radius 1 is 0.619 bits per heavy atom. The molecule has 0 aliphatic heterocycles. The van der Waals surface area contributed by atoms with Gasteiger partial charge in [0.05, 0.1) is 0 Å². The molecule has 0 unspecified atom stereocenters.